The lowest BCUT2D eigenvalue weighted by molar-refractivity contribution is -0.135. The first-order valence-corrected chi connectivity index (χ1v) is 9.00. The highest BCUT2D eigenvalue weighted by Crippen LogP contribution is 2.34. The minimum absolute atomic E-state index is 0.282. The molecule has 0 unspecified atom stereocenters. The molecule has 24 heavy (non-hydrogen) atoms. The monoisotopic (exact) mass is 347 g/mol. The fraction of sp³-hybridized carbons (Fsp3) is 0.474. The van der Waals surface area contributed by atoms with Crippen molar-refractivity contribution in [3.05, 3.63) is 41.1 Å². The maximum atomic E-state index is 11.9. The number of aliphatic carboxylic acids is 1. The summed E-state index contributed by atoms with van der Waals surface area (Å²) in [5.41, 5.74) is 3.37. The zero-order valence-electron chi connectivity index (χ0n) is 14.0. The van der Waals surface area contributed by atoms with Crippen LogP contribution in [0.3, 0.4) is 0 Å². The van der Waals surface area contributed by atoms with E-state index in [1.54, 1.807) is 0 Å². The number of nitrogens with one attached hydrogen (secondary N) is 1. The molecule has 2 rings (SSSR count). The van der Waals surface area contributed by atoms with Crippen LogP contribution in [0.4, 0.5) is 0 Å². The van der Waals surface area contributed by atoms with Gasteiger partial charge in [-0.1, -0.05) is 63.1 Å². The lowest BCUT2D eigenvalue weighted by Gasteiger charge is -2.23. The normalized spacial score (nSPS) is 16.4. The van der Waals surface area contributed by atoms with E-state index in [0.717, 1.165) is 11.1 Å². The lowest BCUT2D eigenvalue weighted by Crippen LogP contribution is -2.26. The summed E-state index contributed by atoms with van der Waals surface area (Å²) in [5, 5.41) is 11.1. The molecule has 1 aliphatic carbocycles. The summed E-state index contributed by atoms with van der Waals surface area (Å²) >= 11 is 3.91. The van der Waals surface area contributed by atoms with Gasteiger partial charge in [0.05, 0.1) is 5.70 Å². The van der Waals surface area contributed by atoms with Crippen LogP contribution in [0.25, 0.3) is 5.57 Å². The Morgan fingerprint density at radius 3 is 2.54 bits per heavy atom. The summed E-state index contributed by atoms with van der Waals surface area (Å²) < 4.78 is 0. The third kappa shape index (κ3) is 4.87. The molecule has 1 fully saturated rings. The predicted molar refractivity (Wildman–Crippen MR) is 99.1 cm³/mol. The Kier molecular flexibility index (Phi) is 6.91. The average Bonchev–Trinajstić information content (AvgIpc) is 2.59. The molecular formula is C19H25NO3S. The Balaban J connectivity index is 2.35. The molecule has 1 aliphatic rings. The first-order valence-electron chi connectivity index (χ1n) is 8.55. The molecule has 0 spiro atoms. The minimum atomic E-state index is -1.01. The summed E-state index contributed by atoms with van der Waals surface area (Å²) in [4.78, 5) is 22.7. The number of carbonyl (C=O) groups is 2. The number of rotatable bonds is 7. The van der Waals surface area contributed by atoms with Crippen LogP contribution in [-0.4, -0.2) is 22.7 Å². The fourth-order valence-corrected chi connectivity index (χ4v) is 3.63. The molecule has 1 aromatic carbocycles. The van der Waals surface area contributed by atoms with Crippen molar-refractivity contribution in [1.82, 2.24) is 5.32 Å². The van der Waals surface area contributed by atoms with E-state index in [4.69, 9.17) is 5.11 Å². The Labute approximate surface area is 148 Å². The first kappa shape index (κ1) is 18.6. The highest BCUT2D eigenvalue weighted by atomic mass is 32.1. The topological polar surface area (TPSA) is 66.4 Å². The molecule has 0 bridgehead atoms. The number of hydrogen-bond donors (Lipinski definition) is 3. The molecule has 0 radical (unpaired) electrons. The highest BCUT2D eigenvalue weighted by molar-refractivity contribution is 7.97. The van der Waals surface area contributed by atoms with E-state index < -0.39 is 11.1 Å². The number of benzene rings is 1. The summed E-state index contributed by atoms with van der Waals surface area (Å²) in [7, 11) is 0. The molecule has 0 aromatic heterocycles. The lowest BCUT2D eigenvalue weighted by atomic mass is 9.83. The molecular weight excluding hydrogens is 322 g/mol. The number of carboxylic acid groups (broad SMARTS) is 1. The van der Waals surface area contributed by atoms with Gasteiger partial charge in [0.15, 0.2) is 0 Å². The second-order valence-corrected chi connectivity index (χ2v) is 6.63. The van der Waals surface area contributed by atoms with Gasteiger partial charge in [-0.05, 0) is 41.9 Å². The van der Waals surface area contributed by atoms with Crippen molar-refractivity contribution in [2.45, 2.75) is 51.4 Å². The van der Waals surface area contributed by atoms with Crippen molar-refractivity contribution in [3.63, 3.8) is 0 Å². The van der Waals surface area contributed by atoms with Gasteiger partial charge in [0, 0.05) is 0 Å². The van der Waals surface area contributed by atoms with E-state index in [1.165, 1.54) is 37.7 Å². The molecule has 130 valence electrons. The van der Waals surface area contributed by atoms with Crippen LogP contribution in [0.2, 0.25) is 0 Å². The predicted octanol–water partition coefficient (Wildman–Crippen LogP) is 3.99. The van der Waals surface area contributed by atoms with Crippen molar-refractivity contribution >= 4 is 29.3 Å². The van der Waals surface area contributed by atoms with E-state index in [9.17, 15) is 9.59 Å². The number of thiol groups is 1. The Bertz CT molecular complexity index is 633. The molecule has 0 amide bonds. The van der Waals surface area contributed by atoms with E-state index in [-0.39, 0.29) is 12.2 Å². The summed E-state index contributed by atoms with van der Waals surface area (Å²) in [6.07, 6.45) is 6.91. The minimum Gasteiger partial charge on any atom is -0.480 e. The van der Waals surface area contributed by atoms with Crippen LogP contribution in [0.5, 0.6) is 0 Å². The molecule has 0 atom stereocenters. The third-order valence-electron chi connectivity index (χ3n) is 4.60. The van der Waals surface area contributed by atoms with Crippen molar-refractivity contribution in [3.8, 4) is 0 Å². The second-order valence-electron chi connectivity index (χ2n) is 6.22. The molecule has 0 aliphatic heterocycles. The number of hydrogen-bond acceptors (Lipinski definition) is 3. The summed E-state index contributed by atoms with van der Waals surface area (Å²) in [6, 6.07) is 8.30. The number of carboxylic acids is 1. The van der Waals surface area contributed by atoms with Gasteiger partial charge in [0.2, 0.25) is 5.12 Å². The fourth-order valence-electron chi connectivity index (χ4n) is 3.42. The zero-order valence-corrected chi connectivity index (χ0v) is 14.9. The van der Waals surface area contributed by atoms with Crippen molar-refractivity contribution < 1.29 is 14.7 Å². The summed E-state index contributed by atoms with van der Waals surface area (Å²) in [5.74, 6) is -0.424. The van der Waals surface area contributed by atoms with Gasteiger partial charge in [-0.25, -0.2) is 0 Å². The zero-order chi connectivity index (χ0) is 17.5. The number of carbonyl (C=O) groups excluding carboxylic acids is 1. The van der Waals surface area contributed by atoms with E-state index in [0.29, 0.717) is 12.3 Å². The maximum absolute atomic E-state index is 11.9. The van der Waals surface area contributed by atoms with Crippen molar-refractivity contribution in [1.29, 1.82) is 0 Å². The SMILES string of the molecule is CC/C(=C(/NCC(=O)O)C(=O)S)c1cccc(C2CCCCC2)c1. The van der Waals surface area contributed by atoms with E-state index in [2.05, 4.69) is 30.1 Å². The van der Waals surface area contributed by atoms with E-state index >= 15 is 0 Å². The molecule has 1 aromatic rings. The molecule has 2 N–H and O–H groups in total. The molecule has 4 nitrogen and oxygen atoms in total. The van der Waals surface area contributed by atoms with Gasteiger partial charge in [-0.15, -0.1) is 0 Å². The van der Waals surface area contributed by atoms with Crippen LogP contribution in [0, 0.1) is 0 Å². The van der Waals surface area contributed by atoms with Crippen molar-refractivity contribution in [2.24, 2.45) is 0 Å². The Morgan fingerprint density at radius 2 is 1.96 bits per heavy atom. The van der Waals surface area contributed by atoms with Crippen LogP contribution < -0.4 is 5.32 Å². The highest BCUT2D eigenvalue weighted by Gasteiger charge is 2.18. The van der Waals surface area contributed by atoms with Gasteiger partial charge >= 0.3 is 5.97 Å². The average molecular weight is 347 g/mol. The Morgan fingerprint density at radius 1 is 1.25 bits per heavy atom. The third-order valence-corrected chi connectivity index (χ3v) is 4.82. The standard InChI is InChI=1S/C19H25NO3S/c1-2-16(18(19(23)24)20-12-17(21)22)15-10-6-9-14(11-15)13-7-4-3-5-8-13/h6,9-11,13,20H,2-5,7-8,12H2,1H3,(H,21,22)(H,23,24)/b18-16-. The molecule has 1 saturated carbocycles. The molecule has 0 heterocycles. The van der Waals surface area contributed by atoms with Crippen LogP contribution in [0.1, 0.15) is 62.5 Å². The van der Waals surface area contributed by atoms with Crippen molar-refractivity contribution in [2.75, 3.05) is 6.54 Å². The molecule has 5 heteroatoms. The van der Waals surface area contributed by atoms with Gasteiger partial charge in [-0.2, -0.15) is 0 Å². The maximum Gasteiger partial charge on any atom is 0.322 e. The van der Waals surface area contributed by atoms with Gasteiger partial charge in [0.1, 0.15) is 6.54 Å². The smallest absolute Gasteiger partial charge is 0.322 e. The van der Waals surface area contributed by atoms with Crippen LogP contribution in [-0.2, 0) is 9.59 Å². The quantitative estimate of drug-likeness (QED) is 0.515. The largest absolute Gasteiger partial charge is 0.480 e. The van der Waals surface area contributed by atoms with E-state index in [1.807, 2.05) is 19.1 Å². The Hall–Kier alpha value is -1.75. The van der Waals surface area contributed by atoms with Crippen LogP contribution in [0.15, 0.2) is 30.0 Å². The summed E-state index contributed by atoms with van der Waals surface area (Å²) in [6.45, 7) is 1.66. The van der Waals surface area contributed by atoms with Gasteiger partial charge in [0.25, 0.3) is 0 Å². The first-order chi connectivity index (χ1) is 11.5. The number of allylic oxidation sites excluding steroid dienone is 1. The van der Waals surface area contributed by atoms with Gasteiger partial charge < -0.3 is 10.4 Å². The van der Waals surface area contributed by atoms with Gasteiger partial charge in [-0.3, -0.25) is 9.59 Å². The second kappa shape index (κ2) is 8.92. The molecule has 0 saturated heterocycles. The van der Waals surface area contributed by atoms with Crippen LogP contribution >= 0.6 is 12.6 Å².